The second kappa shape index (κ2) is 11.5. The zero-order valence-electron chi connectivity index (χ0n) is 21.1. The average Bonchev–Trinajstić information content (AvgIpc) is 3.60. The number of rotatable bonds is 7. The van der Waals surface area contributed by atoms with Crippen molar-refractivity contribution in [1.29, 1.82) is 0 Å². The van der Waals surface area contributed by atoms with Gasteiger partial charge in [0.2, 0.25) is 0 Å². The fourth-order valence-electron chi connectivity index (χ4n) is 4.72. The highest BCUT2D eigenvalue weighted by atomic mass is 35.5. The number of hydrogen-bond acceptors (Lipinski definition) is 6. The highest BCUT2D eigenvalue weighted by molar-refractivity contribution is 7.99. The molecule has 2 atom stereocenters. The van der Waals surface area contributed by atoms with Gasteiger partial charge in [0.05, 0.1) is 26.7 Å². The normalized spacial score (nSPS) is 16.5. The maximum Gasteiger partial charge on any atom is 0.269 e. The van der Waals surface area contributed by atoms with Gasteiger partial charge in [0, 0.05) is 39.4 Å². The molecule has 0 unspecified atom stereocenters. The van der Waals surface area contributed by atoms with Crippen LogP contribution in [0.4, 0.5) is 11.4 Å². The van der Waals surface area contributed by atoms with Crippen molar-refractivity contribution >= 4 is 63.7 Å². The van der Waals surface area contributed by atoms with Gasteiger partial charge in [-0.15, -0.1) is 0 Å². The Hall–Kier alpha value is -3.89. The Morgan fingerprint density at radius 3 is 2.34 bits per heavy atom. The largest absolute Gasteiger partial charge is 0.459 e. The first-order valence-electron chi connectivity index (χ1n) is 12.5. The molecule has 5 aromatic rings. The van der Waals surface area contributed by atoms with Gasteiger partial charge in [-0.25, -0.2) is 0 Å². The van der Waals surface area contributed by atoms with E-state index in [1.807, 2.05) is 71.6 Å². The third-order valence-corrected chi connectivity index (χ3v) is 8.78. The molecule has 0 spiro atoms. The Kier molecular flexibility index (Phi) is 7.68. The summed E-state index contributed by atoms with van der Waals surface area (Å²) in [5.74, 6) is 1.28. The Labute approximate surface area is 255 Å². The molecule has 0 saturated carbocycles. The van der Waals surface area contributed by atoms with Gasteiger partial charge < -0.3 is 14.6 Å². The molecule has 0 bridgehead atoms. The summed E-state index contributed by atoms with van der Waals surface area (Å²) in [6, 6.07) is 28.9. The summed E-state index contributed by atoms with van der Waals surface area (Å²) in [6.45, 7) is 0. The lowest BCUT2D eigenvalue weighted by molar-refractivity contribution is -0.384. The number of non-ortho nitro benzene ring substituents is 1. The molecule has 6 rings (SSSR count). The van der Waals surface area contributed by atoms with E-state index in [9.17, 15) is 10.1 Å². The van der Waals surface area contributed by atoms with Crippen molar-refractivity contribution in [1.82, 2.24) is 10.3 Å². The van der Waals surface area contributed by atoms with E-state index in [4.69, 9.17) is 39.8 Å². The van der Waals surface area contributed by atoms with Crippen molar-refractivity contribution in [2.24, 2.45) is 0 Å². The summed E-state index contributed by atoms with van der Waals surface area (Å²) in [5, 5.41) is 15.8. The predicted molar refractivity (Wildman–Crippen MR) is 166 cm³/mol. The first kappa shape index (κ1) is 27.3. The summed E-state index contributed by atoms with van der Waals surface area (Å²) in [7, 11) is 0. The predicted octanol–water partition coefficient (Wildman–Crippen LogP) is 8.88. The summed E-state index contributed by atoms with van der Waals surface area (Å²) in [4.78, 5) is 19.1. The van der Waals surface area contributed by atoms with Crippen LogP contribution in [0.15, 0.2) is 117 Å². The van der Waals surface area contributed by atoms with E-state index in [2.05, 4.69) is 10.3 Å². The third kappa shape index (κ3) is 5.54. The number of halogens is 2. The number of nitrogens with one attached hydrogen (secondary N) is 1. The topological polar surface area (TPSA) is 84.4 Å². The average molecular weight is 620 g/mol. The van der Waals surface area contributed by atoms with Crippen LogP contribution in [0, 0.1) is 10.1 Å². The number of furan rings is 1. The zero-order chi connectivity index (χ0) is 28.5. The summed E-state index contributed by atoms with van der Waals surface area (Å²) < 4.78 is 6.41. The number of benzene rings is 3. The zero-order valence-corrected chi connectivity index (χ0v) is 24.3. The number of nitro benzene ring substituents is 1. The fourth-order valence-corrected chi connectivity index (χ4v) is 6.28. The molecule has 3 heterocycles. The van der Waals surface area contributed by atoms with E-state index >= 15 is 0 Å². The maximum absolute atomic E-state index is 11.0. The number of hydrogen-bond donors (Lipinski definition) is 1. The van der Waals surface area contributed by atoms with Crippen LogP contribution in [0.25, 0.3) is 11.3 Å². The minimum Gasteiger partial charge on any atom is -0.459 e. The van der Waals surface area contributed by atoms with Crippen LogP contribution in [-0.4, -0.2) is 15.0 Å². The Balaban J connectivity index is 1.33. The van der Waals surface area contributed by atoms with Crippen LogP contribution >= 0.6 is 47.2 Å². The molecule has 0 amide bonds. The van der Waals surface area contributed by atoms with Crippen molar-refractivity contribution < 1.29 is 9.34 Å². The molecule has 0 aliphatic carbocycles. The lowest BCUT2D eigenvalue weighted by atomic mass is 10.0. The highest BCUT2D eigenvalue weighted by Crippen LogP contribution is 2.44. The van der Waals surface area contributed by atoms with Crippen molar-refractivity contribution in [2.45, 2.75) is 21.9 Å². The van der Waals surface area contributed by atoms with Gasteiger partial charge in [-0.2, -0.15) is 0 Å². The van der Waals surface area contributed by atoms with E-state index < -0.39 is 4.92 Å². The number of pyridine rings is 1. The highest BCUT2D eigenvalue weighted by Gasteiger charge is 2.42. The molecule has 11 heteroatoms. The Bertz CT molecular complexity index is 1730. The second-order valence-corrected chi connectivity index (χ2v) is 11.5. The first-order valence-corrected chi connectivity index (χ1v) is 14.4. The summed E-state index contributed by atoms with van der Waals surface area (Å²) in [6.07, 6.45) is 1.75. The van der Waals surface area contributed by atoms with Crippen molar-refractivity contribution in [3.63, 3.8) is 0 Å². The minimum atomic E-state index is -0.406. The molecule has 2 aromatic heterocycles. The van der Waals surface area contributed by atoms with Crippen LogP contribution in [-0.2, 0) is 0 Å². The van der Waals surface area contributed by atoms with Gasteiger partial charge in [-0.05, 0) is 85.0 Å². The number of thiocarbonyl (C=S) groups is 1. The Morgan fingerprint density at radius 1 is 0.927 bits per heavy atom. The molecule has 204 valence electrons. The lowest BCUT2D eigenvalue weighted by Crippen LogP contribution is -2.29. The van der Waals surface area contributed by atoms with Gasteiger partial charge in [-0.3, -0.25) is 15.1 Å². The maximum atomic E-state index is 11.0. The minimum absolute atomic E-state index is 0.0620. The number of aromatic nitrogens is 1. The van der Waals surface area contributed by atoms with E-state index in [0.29, 0.717) is 32.2 Å². The molecule has 0 radical (unpaired) electrons. The molecular formula is C30H20Cl2N4O3S2. The first-order chi connectivity index (χ1) is 19.9. The van der Waals surface area contributed by atoms with Gasteiger partial charge >= 0.3 is 0 Å². The molecule has 41 heavy (non-hydrogen) atoms. The SMILES string of the molecule is O=[N+]([O-])c1ccc(Sc2ccc(N3C(=S)N[C@H](c4ccccn4)[C@H]3c3ccc(-c4cccc(Cl)c4Cl)o3)cc2)cc1. The second-order valence-electron chi connectivity index (χ2n) is 9.15. The summed E-state index contributed by atoms with van der Waals surface area (Å²) in [5.41, 5.74) is 2.46. The molecule has 7 nitrogen and oxygen atoms in total. The third-order valence-electron chi connectivity index (χ3n) is 6.63. The van der Waals surface area contributed by atoms with Crippen LogP contribution in [0.2, 0.25) is 10.0 Å². The smallest absolute Gasteiger partial charge is 0.269 e. The number of nitrogens with zero attached hydrogens (tertiary/aromatic N) is 3. The van der Waals surface area contributed by atoms with Crippen LogP contribution in [0.3, 0.4) is 0 Å². The Morgan fingerprint density at radius 2 is 1.66 bits per heavy atom. The standard InChI is InChI=1S/C30H20Cl2N4O3S2/c31-23-5-3-4-22(27(23)32)25-15-16-26(39-25)29-28(24-6-1-2-17-33-24)34-30(40)35(29)18-7-11-20(12-8-18)41-21-13-9-19(10-14-21)36(37)38/h1-17,28-29H,(H,34,40)/t28-,29-/m1/s1. The van der Waals surface area contributed by atoms with E-state index in [0.717, 1.165) is 21.2 Å². The quantitative estimate of drug-likeness (QED) is 0.110. The molecule has 1 fully saturated rings. The van der Waals surface area contributed by atoms with Gasteiger partial charge in [0.15, 0.2) is 5.11 Å². The van der Waals surface area contributed by atoms with Crippen molar-refractivity contribution in [2.75, 3.05) is 4.90 Å². The summed E-state index contributed by atoms with van der Waals surface area (Å²) >= 11 is 20.1. The van der Waals surface area contributed by atoms with E-state index in [1.54, 1.807) is 24.4 Å². The van der Waals surface area contributed by atoms with Crippen LogP contribution in [0.1, 0.15) is 23.5 Å². The molecule has 1 aliphatic rings. The lowest BCUT2D eigenvalue weighted by Gasteiger charge is -2.26. The van der Waals surface area contributed by atoms with Gasteiger partial charge in [0.1, 0.15) is 17.6 Å². The molecule has 1 aliphatic heterocycles. The van der Waals surface area contributed by atoms with Crippen molar-refractivity contribution in [3.05, 3.63) is 135 Å². The van der Waals surface area contributed by atoms with E-state index in [1.165, 1.54) is 23.9 Å². The molecule has 3 aromatic carbocycles. The fraction of sp³-hybridized carbons (Fsp3) is 0.0667. The molecule has 1 N–H and O–H groups in total. The van der Waals surface area contributed by atoms with Gasteiger partial charge in [-0.1, -0.05) is 47.1 Å². The van der Waals surface area contributed by atoms with Gasteiger partial charge in [0.25, 0.3) is 5.69 Å². The molecule has 1 saturated heterocycles. The molecular weight excluding hydrogens is 599 g/mol. The van der Waals surface area contributed by atoms with E-state index in [-0.39, 0.29) is 17.8 Å². The van der Waals surface area contributed by atoms with Crippen LogP contribution in [0.5, 0.6) is 0 Å². The monoisotopic (exact) mass is 618 g/mol. The van der Waals surface area contributed by atoms with Crippen molar-refractivity contribution in [3.8, 4) is 11.3 Å². The number of anilines is 1. The van der Waals surface area contributed by atoms with Crippen LogP contribution < -0.4 is 10.2 Å². The number of nitro groups is 1.